The Hall–Kier alpha value is -1.27. The molecule has 0 radical (unpaired) electrons. The lowest BCUT2D eigenvalue weighted by Crippen LogP contribution is -2.25. The molecule has 6 heteroatoms. The Morgan fingerprint density at radius 2 is 2.16 bits per heavy atom. The Bertz CT molecular complexity index is 525. The van der Waals surface area contributed by atoms with Gasteiger partial charge in [-0.2, -0.15) is 0 Å². The molecule has 0 amide bonds. The lowest BCUT2D eigenvalue weighted by molar-refractivity contribution is 0.511. The summed E-state index contributed by atoms with van der Waals surface area (Å²) in [6.07, 6.45) is 6.52. The Morgan fingerprint density at radius 1 is 1.32 bits per heavy atom. The second-order valence-corrected chi connectivity index (χ2v) is 5.22. The van der Waals surface area contributed by atoms with E-state index in [9.17, 15) is 0 Å². The molecule has 0 bridgehead atoms. The Morgan fingerprint density at radius 3 is 2.84 bits per heavy atom. The number of hydrogen-bond donors (Lipinski definition) is 1. The highest BCUT2D eigenvalue weighted by molar-refractivity contribution is 9.10. The maximum absolute atomic E-state index is 4.24. The van der Waals surface area contributed by atoms with Crippen molar-refractivity contribution in [2.75, 3.05) is 6.54 Å². The van der Waals surface area contributed by atoms with Gasteiger partial charge in [-0.15, -0.1) is 5.10 Å². The highest BCUT2D eigenvalue weighted by Crippen LogP contribution is 2.23. The zero-order chi connectivity index (χ0) is 13.7. The molecule has 2 rings (SSSR count). The van der Waals surface area contributed by atoms with Crippen LogP contribution in [0, 0.1) is 0 Å². The number of aromatic nitrogens is 4. The van der Waals surface area contributed by atoms with E-state index in [1.54, 1.807) is 6.20 Å². The van der Waals surface area contributed by atoms with Gasteiger partial charge >= 0.3 is 0 Å². The molecule has 0 aromatic carbocycles. The molecule has 2 heterocycles. The van der Waals surface area contributed by atoms with Crippen molar-refractivity contribution < 1.29 is 0 Å². The zero-order valence-corrected chi connectivity index (χ0v) is 12.8. The minimum atomic E-state index is 0.0662. The molecule has 1 unspecified atom stereocenters. The lowest BCUT2D eigenvalue weighted by Gasteiger charge is -2.19. The second kappa shape index (κ2) is 6.77. The molecule has 1 N–H and O–H groups in total. The summed E-state index contributed by atoms with van der Waals surface area (Å²) in [6.45, 7) is 5.97. The third-order valence-electron chi connectivity index (χ3n) is 2.85. The van der Waals surface area contributed by atoms with Gasteiger partial charge < -0.3 is 5.32 Å². The summed E-state index contributed by atoms with van der Waals surface area (Å²) in [5.74, 6) is 0. The number of halogens is 1. The van der Waals surface area contributed by atoms with E-state index in [1.165, 1.54) is 0 Å². The molecule has 102 valence electrons. The van der Waals surface area contributed by atoms with Crippen molar-refractivity contribution in [2.24, 2.45) is 0 Å². The molecule has 2 aromatic rings. The van der Waals surface area contributed by atoms with Crippen LogP contribution in [-0.2, 0) is 6.54 Å². The highest BCUT2D eigenvalue weighted by atomic mass is 79.9. The topological polar surface area (TPSA) is 55.6 Å². The van der Waals surface area contributed by atoms with Crippen molar-refractivity contribution in [1.29, 1.82) is 0 Å². The van der Waals surface area contributed by atoms with Gasteiger partial charge in [-0.1, -0.05) is 19.1 Å². The van der Waals surface area contributed by atoms with E-state index in [1.807, 2.05) is 17.1 Å². The first kappa shape index (κ1) is 14.1. The molecule has 0 spiro atoms. The third kappa shape index (κ3) is 3.39. The molecule has 0 aliphatic carbocycles. The molecule has 0 fully saturated rings. The van der Waals surface area contributed by atoms with Crippen LogP contribution in [0.15, 0.2) is 29.1 Å². The summed E-state index contributed by atoms with van der Waals surface area (Å²) in [7, 11) is 0. The zero-order valence-electron chi connectivity index (χ0n) is 11.2. The third-order valence-corrected chi connectivity index (χ3v) is 3.28. The monoisotopic (exact) mass is 323 g/mol. The molecule has 5 nitrogen and oxygen atoms in total. The molecule has 2 aromatic heterocycles. The normalized spacial score (nSPS) is 12.6. The maximum Gasteiger partial charge on any atom is 0.0802 e. The average molecular weight is 324 g/mol. The van der Waals surface area contributed by atoms with Gasteiger partial charge in [-0.3, -0.25) is 4.98 Å². The molecular formula is C13H18BrN5. The van der Waals surface area contributed by atoms with Crippen molar-refractivity contribution in [3.8, 4) is 0 Å². The van der Waals surface area contributed by atoms with E-state index >= 15 is 0 Å². The van der Waals surface area contributed by atoms with Crippen LogP contribution in [0.4, 0.5) is 0 Å². The van der Waals surface area contributed by atoms with E-state index in [0.717, 1.165) is 35.2 Å². The molecule has 1 atom stereocenters. The van der Waals surface area contributed by atoms with Gasteiger partial charge in [0.25, 0.3) is 0 Å². The number of pyridine rings is 1. The summed E-state index contributed by atoms with van der Waals surface area (Å²) in [5, 5.41) is 11.6. The minimum absolute atomic E-state index is 0.0662. The van der Waals surface area contributed by atoms with Crippen molar-refractivity contribution in [2.45, 2.75) is 32.9 Å². The summed E-state index contributed by atoms with van der Waals surface area (Å²) in [5.41, 5.74) is 2.18. The summed E-state index contributed by atoms with van der Waals surface area (Å²) in [4.78, 5) is 4.24. The van der Waals surface area contributed by atoms with Gasteiger partial charge in [0, 0.05) is 23.4 Å². The van der Waals surface area contributed by atoms with Gasteiger partial charge in [0.05, 0.1) is 17.9 Å². The second-order valence-electron chi connectivity index (χ2n) is 4.31. The fourth-order valence-electron chi connectivity index (χ4n) is 2.06. The van der Waals surface area contributed by atoms with Crippen LogP contribution in [0.1, 0.15) is 37.6 Å². The summed E-state index contributed by atoms with van der Waals surface area (Å²) >= 11 is 3.47. The van der Waals surface area contributed by atoms with Crippen molar-refractivity contribution in [3.63, 3.8) is 0 Å². The number of hydrogen-bond acceptors (Lipinski definition) is 4. The van der Waals surface area contributed by atoms with Gasteiger partial charge in [-0.05, 0) is 40.5 Å². The van der Waals surface area contributed by atoms with Crippen LogP contribution >= 0.6 is 15.9 Å². The standard InChI is InChI=1S/C13H18BrN5/c1-3-5-19-12(9-17-18-19)13(16-4-2)10-6-11(14)8-15-7-10/h6-9,13,16H,3-5H2,1-2H3. The van der Waals surface area contributed by atoms with Crippen molar-refractivity contribution >= 4 is 15.9 Å². The van der Waals surface area contributed by atoms with E-state index in [0.29, 0.717) is 0 Å². The summed E-state index contributed by atoms with van der Waals surface area (Å²) in [6, 6.07) is 2.14. The molecular weight excluding hydrogens is 306 g/mol. The molecule has 0 saturated carbocycles. The lowest BCUT2D eigenvalue weighted by atomic mass is 10.1. The largest absolute Gasteiger partial charge is 0.305 e. The van der Waals surface area contributed by atoms with Crippen LogP contribution in [0.2, 0.25) is 0 Å². The number of aryl methyl sites for hydroxylation is 1. The quantitative estimate of drug-likeness (QED) is 0.887. The van der Waals surface area contributed by atoms with Crippen molar-refractivity contribution in [1.82, 2.24) is 25.3 Å². The Balaban J connectivity index is 2.36. The Labute approximate surface area is 121 Å². The first-order chi connectivity index (χ1) is 9.26. The first-order valence-electron chi connectivity index (χ1n) is 6.48. The van der Waals surface area contributed by atoms with Crippen LogP contribution in [0.5, 0.6) is 0 Å². The Kier molecular flexibility index (Phi) is 5.04. The van der Waals surface area contributed by atoms with Gasteiger partial charge in [0.2, 0.25) is 0 Å². The minimum Gasteiger partial charge on any atom is -0.305 e. The number of nitrogens with one attached hydrogen (secondary N) is 1. The predicted octanol–water partition coefficient (Wildman–Crippen LogP) is 2.54. The molecule has 0 saturated heterocycles. The first-order valence-corrected chi connectivity index (χ1v) is 7.27. The SMILES string of the molecule is CCCn1nncc1C(NCC)c1cncc(Br)c1. The maximum atomic E-state index is 4.24. The van der Waals surface area contributed by atoms with E-state index in [4.69, 9.17) is 0 Å². The molecule has 19 heavy (non-hydrogen) atoms. The fraction of sp³-hybridized carbons (Fsp3) is 0.462. The average Bonchev–Trinajstić information content (AvgIpc) is 2.84. The van der Waals surface area contributed by atoms with E-state index in [-0.39, 0.29) is 6.04 Å². The molecule has 0 aliphatic heterocycles. The highest BCUT2D eigenvalue weighted by Gasteiger charge is 2.18. The van der Waals surface area contributed by atoms with Gasteiger partial charge in [0.1, 0.15) is 0 Å². The van der Waals surface area contributed by atoms with E-state index < -0.39 is 0 Å². The van der Waals surface area contributed by atoms with Crippen LogP contribution < -0.4 is 5.32 Å². The van der Waals surface area contributed by atoms with Gasteiger partial charge in [0.15, 0.2) is 0 Å². The van der Waals surface area contributed by atoms with Gasteiger partial charge in [-0.25, -0.2) is 4.68 Å². The van der Waals surface area contributed by atoms with Crippen LogP contribution in [0.25, 0.3) is 0 Å². The predicted molar refractivity (Wildman–Crippen MR) is 77.8 cm³/mol. The fourth-order valence-corrected chi connectivity index (χ4v) is 2.44. The van der Waals surface area contributed by atoms with E-state index in [2.05, 4.69) is 56.5 Å². The summed E-state index contributed by atoms with van der Waals surface area (Å²) < 4.78 is 2.93. The molecule has 0 aliphatic rings. The van der Waals surface area contributed by atoms with Crippen LogP contribution in [-0.4, -0.2) is 26.5 Å². The number of nitrogens with zero attached hydrogens (tertiary/aromatic N) is 4. The smallest absolute Gasteiger partial charge is 0.0802 e. The van der Waals surface area contributed by atoms with Crippen molar-refractivity contribution in [3.05, 3.63) is 40.4 Å². The number of rotatable bonds is 6. The van der Waals surface area contributed by atoms with Crippen LogP contribution in [0.3, 0.4) is 0 Å².